The maximum Gasteiger partial charge on any atom is 0.337 e. The topological polar surface area (TPSA) is 26.3 Å². The maximum atomic E-state index is 11.8. The number of hydrogen-bond acceptors (Lipinski definition) is 2. The number of esters is 1. The van der Waals surface area contributed by atoms with Crippen LogP contribution in [-0.4, -0.2) is 12.6 Å². The zero-order valence-electron chi connectivity index (χ0n) is 10.4. The highest BCUT2D eigenvalue weighted by Crippen LogP contribution is 2.42. The quantitative estimate of drug-likeness (QED) is 0.796. The number of hydrogen-bond donors (Lipinski definition) is 0. The molecule has 0 aliphatic heterocycles. The normalized spacial score (nSPS) is 22.4. The molecule has 0 saturated carbocycles. The highest BCUT2D eigenvalue weighted by Gasteiger charge is 2.34. The highest BCUT2D eigenvalue weighted by molar-refractivity contribution is 9.11. The van der Waals surface area contributed by atoms with Crippen molar-refractivity contribution in [1.82, 2.24) is 0 Å². The van der Waals surface area contributed by atoms with Gasteiger partial charge in [0.05, 0.1) is 12.2 Å². The minimum atomic E-state index is -0.288. The number of benzene rings is 1. The van der Waals surface area contributed by atoms with E-state index < -0.39 is 0 Å². The van der Waals surface area contributed by atoms with Crippen molar-refractivity contribution in [2.45, 2.75) is 19.3 Å². The molecule has 2 rings (SSSR count). The van der Waals surface area contributed by atoms with Gasteiger partial charge in [-0.1, -0.05) is 52.3 Å². The van der Waals surface area contributed by atoms with Crippen LogP contribution in [0.5, 0.6) is 0 Å². The van der Waals surface area contributed by atoms with E-state index in [1.807, 2.05) is 37.3 Å². The Kier molecular flexibility index (Phi) is 3.71. The Morgan fingerprint density at radius 3 is 2.61 bits per heavy atom. The van der Waals surface area contributed by atoms with Crippen LogP contribution in [0.1, 0.15) is 19.4 Å². The van der Waals surface area contributed by atoms with Gasteiger partial charge in [-0.15, -0.1) is 0 Å². The van der Waals surface area contributed by atoms with Gasteiger partial charge in [0.1, 0.15) is 0 Å². The Labute approximate surface area is 115 Å². The zero-order chi connectivity index (χ0) is 13.2. The smallest absolute Gasteiger partial charge is 0.337 e. The van der Waals surface area contributed by atoms with E-state index >= 15 is 0 Å². The number of carbonyl (C=O) groups excluding carboxylic acids is 1. The van der Waals surface area contributed by atoms with E-state index in [1.54, 1.807) is 0 Å². The van der Waals surface area contributed by atoms with E-state index in [9.17, 15) is 4.79 Å². The van der Waals surface area contributed by atoms with Crippen LogP contribution in [-0.2, 0) is 14.9 Å². The van der Waals surface area contributed by atoms with Gasteiger partial charge in [-0.2, -0.15) is 0 Å². The number of allylic oxidation sites excluding steroid dienone is 2. The molecule has 1 aliphatic carbocycles. The third-order valence-corrected chi connectivity index (χ3v) is 4.16. The molecular formula is C15H15BrO2. The average molecular weight is 307 g/mol. The molecule has 0 fully saturated rings. The summed E-state index contributed by atoms with van der Waals surface area (Å²) in [5.41, 5.74) is 1.46. The van der Waals surface area contributed by atoms with Gasteiger partial charge in [0.15, 0.2) is 0 Å². The fraction of sp³-hybridized carbons (Fsp3) is 0.267. The summed E-state index contributed by atoms with van der Waals surface area (Å²) in [6.07, 6.45) is 3.79. The van der Waals surface area contributed by atoms with E-state index in [0.717, 1.165) is 10.0 Å². The van der Waals surface area contributed by atoms with Gasteiger partial charge in [0.25, 0.3) is 0 Å². The second kappa shape index (κ2) is 5.11. The number of carbonyl (C=O) groups is 1. The molecule has 2 nitrogen and oxygen atoms in total. The first-order valence-electron chi connectivity index (χ1n) is 5.91. The Morgan fingerprint density at radius 1 is 1.33 bits per heavy atom. The molecule has 18 heavy (non-hydrogen) atoms. The van der Waals surface area contributed by atoms with Gasteiger partial charge in [0, 0.05) is 9.90 Å². The molecule has 0 saturated heterocycles. The van der Waals surface area contributed by atoms with Gasteiger partial charge >= 0.3 is 5.97 Å². The molecule has 0 bridgehead atoms. The lowest BCUT2D eigenvalue weighted by Gasteiger charge is -2.23. The highest BCUT2D eigenvalue weighted by atomic mass is 79.9. The van der Waals surface area contributed by atoms with E-state index in [4.69, 9.17) is 4.74 Å². The van der Waals surface area contributed by atoms with E-state index in [1.165, 1.54) is 0 Å². The molecular weight excluding hydrogens is 292 g/mol. The lowest BCUT2D eigenvalue weighted by molar-refractivity contribution is -0.138. The largest absolute Gasteiger partial charge is 0.462 e. The Bertz CT molecular complexity index is 517. The van der Waals surface area contributed by atoms with Gasteiger partial charge in [-0.25, -0.2) is 4.79 Å². The maximum absolute atomic E-state index is 11.8. The van der Waals surface area contributed by atoms with Crippen molar-refractivity contribution in [1.29, 1.82) is 0 Å². The van der Waals surface area contributed by atoms with Crippen molar-refractivity contribution in [2.75, 3.05) is 6.61 Å². The van der Waals surface area contributed by atoms with Crippen molar-refractivity contribution in [3.05, 3.63) is 58.1 Å². The third-order valence-electron chi connectivity index (χ3n) is 3.11. The summed E-state index contributed by atoms with van der Waals surface area (Å²) >= 11 is 3.56. The lowest BCUT2D eigenvalue weighted by Crippen LogP contribution is -2.17. The molecule has 0 aromatic heterocycles. The Balaban J connectivity index is 2.37. The minimum Gasteiger partial charge on any atom is -0.462 e. The molecule has 3 heteroatoms. The summed E-state index contributed by atoms with van der Waals surface area (Å²) in [6, 6.07) is 10.1. The predicted octanol–water partition coefficient (Wildman–Crippen LogP) is 3.73. The van der Waals surface area contributed by atoms with Gasteiger partial charge in [-0.3, -0.25) is 0 Å². The van der Waals surface area contributed by atoms with Crippen LogP contribution >= 0.6 is 15.9 Å². The van der Waals surface area contributed by atoms with Crippen LogP contribution in [0.25, 0.3) is 0 Å². The molecule has 1 atom stereocenters. The van der Waals surface area contributed by atoms with Crippen LogP contribution in [0.3, 0.4) is 0 Å². The standard InChI is InChI=1S/C15H15BrO2/c1-3-18-14(17)11-9-13(16)15(2,10-11)12-7-5-4-6-8-12/h4-10H,3H2,1-2H3. The molecule has 1 unspecified atom stereocenters. The summed E-state index contributed by atoms with van der Waals surface area (Å²) < 4.78 is 6.01. The number of rotatable bonds is 3. The van der Waals surface area contributed by atoms with Crippen LogP contribution in [0.2, 0.25) is 0 Å². The van der Waals surface area contributed by atoms with Crippen LogP contribution in [0.4, 0.5) is 0 Å². The number of ether oxygens (including phenoxy) is 1. The van der Waals surface area contributed by atoms with Crippen molar-refractivity contribution in [3.63, 3.8) is 0 Å². The second-order valence-electron chi connectivity index (χ2n) is 4.38. The van der Waals surface area contributed by atoms with Gasteiger partial charge in [-0.05, 0) is 25.5 Å². The second-order valence-corrected chi connectivity index (χ2v) is 5.24. The third kappa shape index (κ3) is 2.27. The Hall–Kier alpha value is -1.35. The molecule has 0 radical (unpaired) electrons. The predicted molar refractivity (Wildman–Crippen MR) is 75.5 cm³/mol. The monoisotopic (exact) mass is 306 g/mol. The first-order valence-corrected chi connectivity index (χ1v) is 6.70. The van der Waals surface area contributed by atoms with Crippen molar-refractivity contribution in [2.24, 2.45) is 0 Å². The summed E-state index contributed by atoms with van der Waals surface area (Å²) in [5.74, 6) is -0.269. The summed E-state index contributed by atoms with van der Waals surface area (Å²) in [6.45, 7) is 4.28. The molecule has 0 heterocycles. The van der Waals surface area contributed by atoms with E-state index in [0.29, 0.717) is 12.2 Å². The average Bonchev–Trinajstić information content (AvgIpc) is 2.69. The van der Waals surface area contributed by atoms with Crippen molar-refractivity contribution < 1.29 is 9.53 Å². The molecule has 0 N–H and O–H groups in total. The molecule has 1 aromatic carbocycles. The van der Waals surface area contributed by atoms with Gasteiger partial charge in [0.2, 0.25) is 0 Å². The first kappa shape index (κ1) is 13.1. The summed E-state index contributed by atoms with van der Waals surface area (Å²) in [7, 11) is 0. The fourth-order valence-electron chi connectivity index (χ4n) is 2.05. The SMILES string of the molecule is CCOC(=O)C1=CC(C)(c2ccccc2)C(Br)=C1. The summed E-state index contributed by atoms with van der Waals surface area (Å²) in [5, 5.41) is 0. The van der Waals surface area contributed by atoms with Gasteiger partial charge < -0.3 is 4.74 Å². The molecule has 1 aromatic rings. The van der Waals surface area contributed by atoms with E-state index in [-0.39, 0.29) is 11.4 Å². The minimum absolute atomic E-state index is 0.269. The molecule has 0 amide bonds. The number of halogens is 1. The first-order chi connectivity index (χ1) is 8.58. The summed E-state index contributed by atoms with van der Waals surface area (Å²) in [4.78, 5) is 11.8. The lowest BCUT2D eigenvalue weighted by atomic mass is 9.84. The molecule has 0 spiro atoms. The van der Waals surface area contributed by atoms with Crippen LogP contribution in [0, 0.1) is 0 Å². The molecule has 94 valence electrons. The van der Waals surface area contributed by atoms with Crippen LogP contribution in [0.15, 0.2) is 52.5 Å². The fourth-order valence-corrected chi connectivity index (χ4v) is 2.64. The van der Waals surface area contributed by atoms with Crippen molar-refractivity contribution in [3.8, 4) is 0 Å². The Morgan fingerprint density at radius 2 is 2.00 bits per heavy atom. The zero-order valence-corrected chi connectivity index (χ0v) is 12.0. The molecule has 1 aliphatic rings. The van der Waals surface area contributed by atoms with E-state index in [2.05, 4.69) is 35.0 Å². The van der Waals surface area contributed by atoms with Crippen molar-refractivity contribution >= 4 is 21.9 Å². The van der Waals surface area contributed by atoms with Crippen LogP contribution < -0.4 is 0 Å².